The number of carbonyl (C=O) groups is 2. The number of hydrogen-bond acceptors (Lipinski definition) is 5. The normalized spacial score (nSPS) is 28.2. The van der Waals surface area contributed by atoms with E-state index in [0.717, 1.165) is 30.7 Å². The Kier molecular flexibility index (Phi) is 2.83. The minimum Gasteiger partial charge on any atom is -0.373 e. The van der Waals surface area contributed by atoms with Crippen molar-refractivity contribution in [3.63, 3.8) is 0 Å². The second kappa shape index (κ2) is 4.72. The molecule has 6 nitrogen and oxygen atoms in total. The highest BCUT2D eigenvalue weighted by atomic mass is 16.2. The van der Waals surface area contributed by atoms with Crippen molar-refractivity contribution in [2.24, 2.45) is 16.8 Å². The average Bonchev–Trinajstić information content (AvgIpc) is 3.40. The van der Waals surface area contributed by atoms with Crippen LogP contribution in [0.3, 0.4) is 0 Å². The molecule has 0 radical (unpaired) electrons. The molecule has 2 aliphatic carbocycles. The van der Waals surface area contributed by atoms with Crippen LogP contribution in [0.15, 0.2) is 28.7 Å². The van der Waals surface area contributed by atoms with Crippen molar-refractivity contribution in [3.05, 3.63) is 23.7 Å². The summed E-state index contributed by atoms with van der Waals surface area (Å²) < 4.78 is 0. The van der Waals surface area contributed by atoms with E-state index in [-0.39, 0.29) is 18.0 Å². The lowest BCUT2D eigenvalue weighted by Crippen LogP contribution is -2.50. The van der Waals surface area contributed by atoms with Crippen molar-refractivity contribution in [1.82, 2.24) is 16.0 Å². The Balaban J connectivity index is 1.44. The van der Waals surface area contributed by atoms with Gasteiger partial charge in [-0.15, -0.1) is 0 Å². The van der Waals surface area contributed by atoms with Gasteiger partial charge in [-0.3, -0.25) is 4.79 Å². The van der Waals surface area contributed by atoms with E-state index in [0.29, 0.717) is 17.4 Å². The Labute approximate surface area is 122 Å². The number of amidine groups is 1. The van der Waals surface area contributed by atoms with Gasteiger partial charge in [-0.25, -0.2) is 4.99 Å². The average molecular weight is 286 g/mol. The molecule has 2 saturated carbocycles. The molecule has 2 fully saturated rings. The van der Waals surface area contributed by atoms with Crippen molar-refractivity contribution >= 4 is 18.0 Å². The van der Waals surface area contributed by atoms with E-state index in [1.165, 1.54) is 12.8 Å². The Morgan fingerprint density at radius 2 is 2.19 bits per heavy atom. The maximum Gasteiger partial charge on any atom is 0.251 e. The molecule has 0 saturated heterocycles. The maximum atomic E-state index is 12.4. The largest absolute Gasteiger partial charge is 0.373 e. The van der Waals surface area contributed by atoms with Gasteiger partial charge in [-0.1, -0.05) is 0 Å². The van der Waals surface area contributed by atoms with Crippen LogP contribution in [0.2, 0.25) is 0 Å². The number of allylic oxidation sites excluding steroid dienone is 1. The number of nitrogens with one attached hydrogen (secondary N) is 3. The van der Waals surface area contributed by atoms with Crippen LogP contribution >= 0.6 is 0 Å². The van der Waals surface area contributed by atoms with Gasteiger partial charge in [0.25, 0.3) is 5.91 Å². The third kappa shape index (κ3) is 2.34. The van der Waals surface area contributed by atoms with Crippen LogP contribution in [0, 0.1) is 11.8 Å². The van der Waals surface area contributed by atoms with Crippen molar-refractivity contribution in [1.29, 1.82) is 0 Å². The second-order valence-corrected chi connectivity index (χ2v) is 6.17. The van der Waals surface area contributed by atoms with Gasteiger partial charge in [0.1, 0.15) is 18.2 Å². The fourth-order valence-corrected chi connectivity index (χ4v) is 2.83. The summed E-state index contributed by atoms with van der Waals surface area (Å²) in [5, 5.41) is 9.39. The Morgan fingerprint density at radius 3 is 2.86 bits per heavy atom. The van der Waals surface area contributed by atoms with E-state index in [1.54, 1.807) is 6.20 Å². The molecule has 0 bridgehead atoms. The lowest BCUT2D eigenvalue weighted by molar-refractivity contribution is -0.121. The molecule has 0 aromatic rings. The van der Waals surface area contributed by atoms with E-state index >= 15 is 0 Å². The molecule has 2 aliphatic heterocycles. The van der Waals surface area contributed by atoms with Gasteiger partial charge in [0.2, 0.25) is 0 Å². The molecule has 4 rings (SSSR count). The van der Waals surface area contributed by atoms with Crippen molar-refractivity contribution < 1.29 is 9.59 Å². The minimum atomic E-state index is -0.363. The number of hydrogen-bond donors (Lipinski definition) is 3. The summed E-state index contributed by atoms with van der Waals surface area (Å²) in [4.78, 5) is 27.7. The first-order chi connectivity index (χ1) is 10.3. The second-order valence-electron chi connectivity index (χ2n) is 6.17. The fourth-order valence-electron chi connectivity index (χ4n) is 2.83. The number of nitrogens with zero attached hydrogens (tertiary/aromatic N) is 1. The van der Waals surface area contributed by atoms with Gasteiger partial charge in [0.05, 0.1) is 11.6 Å². The molecule has 4 aliphatic rings. The molecular formula is C15H18N4O2. The van der Waals surface area contributed by atoms with Crippen LogP contribution in [0.25, 0.3) is 0 Å². The van der Waals surface area contributed by atoms with E-state index in [9.17, 15) is 9.59 Å². The number of rotatable bonds is 5. The molecule has 2 atom stereocenters. The monoisotopic (exact) mass is 286 g/mol. The molecule has 2 heterocycles. The summed E-state index contributed by atoms with van der Waals surface area (Å²) in [5.74, 6) is 1.44. The molecule has 0 aromatic carbocycles. The van der Waals surface area contributed by atoms with Crippen LogP contribution in [0.1, 0.15) is 25.7 Å². The molecule has 110 valence electrons. The number of amides is 1. The van der Waals surface area contributed by atoms with E-state index in [4.69, 9.17) is 0 Å². The third-order valence-corrected chi connectivity index (χ3v) is 4.47. The van der Waals surface area contributed by atoms with Crippen molar-refractivity contribution in [2.45, 2.75) is 37.8 Å². The maximum absolute atomic E-state index is 12.4. The minimum absolute atomic E-state index is 0.200. The molecular weight excluding hydrogens is 268 g/mol. The van der Waals surface area contributed by atoms with Crippen LogP contribution in [-0.4, -0.2) is 30.1 Å². The highest BCUT2D eigenvalue weighted by Crippen LogP contribution is 2.36. The standard InChI is InChI=1S/C15H18N4O2/c20-7-12(9-3-4-9)19-15(21)10-5-16-14-13(10)18-11(6-17-14)8-1-2-8/h5-9,12-13,18H,1-4H2,(H,16,17)(H,19,21). The van der Waals surface area contributed by atoms with Gasteiger partial charge >= 0.3 is 0 Å². The number of carbonyl (C=O) groups excluding carboxylic acids is 2. The van der Waals surface area contributed by atoms with Crippen LogP contribution < -0.4 is 16.0 Å². The van der Waals surface area contributed by atoms with Crippen molar-refractivity contribution in [3.8, 4) is 0 Å². The molecule has 1 amide bonds. The summed E-state index contributed by atoms with van der Waals surface area (Å²) in [5.41, 5.74) is 1.73. The molecule has 0 spiro atoms. The lowest BCUT2D eigenvalue weighted by Gasteiger charge is -2.26. The fraction of sp³-hybridized carbons (Fsp3) is 0.533. The van der Waals surface area contributed by atoms with Crippen LogP contribution in [-0.2, 0) is 9.59 Å². The Hall–Kier alpha value is -2.11. The Bertz CT molecular complexity index is 584. The first-order valence-electron chi connectivity index (χ1n) is 7.53. The zero-order valence-electron chi connectivity index (χ0n) is 11.6. The van der Waals surface area contributed by atoms with E-state index < -0.39 is 0 Å². The summed E-state index contributed by atoms with van der Waals surface area (Å²) in [6.45, 7) is 0. The van der Waals surface area contributed by atoms with Crippen LogP contribution in [0.5, 0.6) is 0 Å². The Morgan fingerprint density at radius 1 is 1.38 bits per heavy atom. The van der Waals surface area contributed by atoms with Gasteiger partial charge in [0, 0.05) is 24.0 Å². The highest BCUT2D eigenvalue weighted by Gasteiger charge is 2.38. The highest BCUT2D eigenvalue weighted by molar-refractivity contribution is 6.08. The van der Waals surface area contributed by atoms with E-state index in [2.05, 4.69) is 20.9 Å². The number of aldehydes is 1. The topological polar surface area (TPSA) is 82.6 Å². The van der Waals surface area contributed by atoms with E-state index in [1.807, 2.05) is 6.20 Å². The molecule has 21 heavy (non-hydrogen) atoms. The molecule has 6 heteroatoms. The van der Waals surface area contributed by atoms with Crippen molar-refractivity contribution in [2.75, 3.05) is 0 Å². The van der Waals surface area contributed by atoms with Gasteiger partial charge in [-0.05, 0) is 31.6 Å². The summed E-state index contributed by atoms with van der Waals surface area (Å²) in [7, 11) is 0. The molecule has 0 aromatic heterocycles. The molecule has 2 unspecified atom stereocenters. The summed E-state index contributed by atoms with van der Waals surface area (Å²) in [6, 6.07) is -0.574. The summed E-state index contributed by atoms with van der Waals surface area (Å²) >= 11 is 0. The zero-order valence-corrected chi connectivity index (χ0v) is 11.6. The van der Waals surface area contributed by atoms with Crippen LogP contribution in [0.4, 0.5) is 0 Å². The number of aliphatic imine (C=N–C) groups is 1. The summed E-state index contributed by atoms with van der Waals surface area (Å²) in [6.07, 6.45) is 8.80. The van der Waals surface area contributed by atoms with Gasteiger partial charge < -0.3 is 20.7 Å². The zero-order chi connectivity index (χ0) is 14.4. The predicted octanol–water partition coefficient (Wildman–Crippen LogP) is 0.189. The predicted molar refractivity (Wildman–Crippen MR) is 77.1 cm³/mol. The third-order valence-electron chi connectivity index (χ3n) is 4.47. The lowest BCUT2D eigenvalue weighted by atomic mass is 10.0. The first-order valence-corrected chi connectivity index (χ1v) is 7.53. The van der Waals surface area contributed by atoms with Gasteiger partial charge in [0.15, 0.2) is 0 Å². The SMILES string of the molecule is O=CC(NC(=O)C1=CN=C2NC=C(C3CC3)NC12)C1CC1. The smallest absolute Gasteiger partial charge is 0.251 e. The number of fused-ring (bicyclic) bond motifs is 1. The van der Waals surface area contributed by atoms with Gasteiger partial charge in [-0.2, -0.15) is 0 Å². The first kappa shape index (κ1) is 12.6. The molecule has 3 N–H and O–H groups in total. The quantitative estimate of drug-likeness (QED) is 0.630.